The third kappa shape index (κ3) is 8.52. The number of nitrogens with zero attached hydrogens (tertiary/aromatic N) is 2. The summed E-state index contributed by atoms with van der Waals surface area (Å²) in [5.74, 6) is 1.87. The molecule has 0 fully saturated rings. The zero-order valence-corrected chi connectivity index (χ0v) is 32.6. The predicted octanol–water partition coefficient (Wildman–Crippen LogP) is 11.8. The minimum absolute atomic E-state index is 0. The standard InChI is InChI=1S/C26H27N2.C15H28O2.Ir/c1-15(2)21-9-7-8-19-10-11-22-24(20-13-17(5)12-18(6)14-20)27-26(16(3)4)28-25(22)23(19)21;1-7-14(5,8-2)12(16)11-13(17)15(6,9-3)10-4;/h7-13,15-16H,1-6H3;11,16H,7-10H2,1-6H3;/q-1;;/b;12-11-;. The van der Waals surface area contributed by atoms with Gasteiger partial charge in [0.1, 0.15) is 11.6 Å². The molecule has 5 heteroatoms. The van der Waals surface area contributed by atoms with Crippen molar-refractivity contribution < 1.29 is 30.0 Å². The van der Waals surface area contributed by atoms with Gasteiger partial charge in [0, 0.05) is 48.3 Å². The number of aliphatic hydroxyl groups is 1. The van der Waals surface area contributed by atoms with E-state index in [2.05, 4.69) is 90.1 Å². The quantitative estimate of drug-likeness (QED) is 0.0751. The predicted molar refractivity (Wildman–Crippen MR) is 192 cm³/mol. The van der Waals surface area contributed by atoms with Crippen LogP contribution in [0, 0.1) is 30.7 Å². The third-order valence-corrected chi connectivity index (χ3v) is 9.90. The number of aryl methyl sites for hydroxylation is 2. The number of ketones is 1. The SMILES string of the molecule is CCC(C)(CC)C(=O)/C=C(\O)C(C)(CC)CC.Cc1[c-]c(-c2nc(C(C)C)nc3c2ccc2cccc(C(C)C)c23)cc(C)c1.[Ir]. The minimum atomic E-state index is -0.337. The van der Waals surface area contributed by atoms with Gasteiger partial charge in [0.25, 0.3) is 0 Å². The first-order valence-corrected chi connectivity index (χ1v) is 16.8. The summed E-state index contributed by atoms with van der Waals surface area (Å²) in [4.78, 5) is 22.2. The Balaban J connectivity index is 0.000000356. The Morgan fingerprint density at radius 1 is 0.870 bits per heavy atom. The van der Waals surface area contributed by atoms with Crippen molar-refractivity contribution in [1.82, 2.24) is 9.97 Å². The van der Waals surface area contributed by atoms with Crippen LogP contribution >= 0.6 is 0 Å². The van der Waals surface area contributed by atoms with Gasteiger partial charge in [0.2, 0.25) is 0 Å². The van der Waals surface area contributed by atoms with Crippen LogP contribution in [0.25, 0.3) is 32.9 Å². The van der Waals surface area contributed by atoms with E-state index in [4.69, 9.17) is 9.97 Å². The molecular formula is C41H55IrN2O2-. The van der Waals surface area contributed by atoms with E-state index in [-0.39, 0.29) is 48.4 Å². The molecule has 4 rings (SSSR count). The maximum Gasteiger partial charge on any atom is 0.164 e. The van der Waals surface area contributed by atoms with Crippen molar-refractivity contribution in [2.24, 2.45) is 10.8 Å². The summed E-state index contributed by atoms with van der Waals surface area (Å²) in [6.07, 6.45) is 4.75. The monoisotopic (exact) mass is 800 g/mol. The molecule has 1 radical (unpaired) electrons. The van der Waals surface area contributed by atoms with Crippen LogP contribution in [0.1, 0.15) is 129 Å². The van der Waals surface area contributed by atoms with Gasteiger partial charge in [-0.3, -0.25) is 9.78 Å². The zero-order chi connectivity index (χ0) is 33.7. The van der Waals surface area contributed by atoms with Crippen molar-refractivity contribution in [3.05, 3.63) is 82.9 Å². The Morgan fingerprint density at radius 2 is 1.48 bits per heavy atom. The van der Waals surface area contributed by atoms with Crippen LogP contribution in [0.2, 0.25) is 0 Å². The van der Waals surface area contributed by atoms with Gasteiger partial charge >= 0.3 is 0 Å². The van der Waals surface area contributed by atoms with Crippen molar-refractivity contribution in [2.45, 2.75) is 121 Å². The summed E-state index contributed by atoms with van der Waals surface area (Å²) in [7, 11) is 0. The molecule has 251 valence electrons. The smallest absolute Gasteiger partial charge is 0.164 e. The van der Waals surface area contributed by atoms with Crippen molar-refractivity contribution in [3.8, 4) is 11.3 Å². The number of fused-ring (bicyclic) bond motifs is 3. The van der Waals surface area contributed by atoms with Crippen LogP contribution < -0.4 is 0 Å². The molecule has 4 aromatic rings. The molecule has 0 aliphatic rings. The van der Waals surface area contributed by atoms with Gasteiger partial charge in [0.05, 0.1) is 5.52 Å². The van der Waals surface area contributed by atoms with Gasteiger partial charge in [-0.05, 0) is 53.6 Å². The summed E-state index contributed by atoms with van der Waals surface area (Å²) < 4.78 is 0. The molecule has 0 aliphatic carbocycles. The van der Waals surface area contributed by atoms with Crippen LogP contribution in [0.4, 0.5) is 0 Å². The number of hydrogen-bond donors (Lipinski definition) is 1. The Bertz CT molecular complexity index is 1660. The number of benzene rings is 3. The van der Waals surface area contributed by atoms with Gasteiger partial charge in [-0.15, -0.1) is 34.9 Å². The molecule has 0 atom stereocenters. The number of carbonyl (C=O) groups is 1. The Morgan fingerprint density at radius 3 is 2.00 bits per heavy atom. The molecule has 0 saturated carbocycles. The number of carbonyl (C=O) groups excluding carboxylic acids is 1. The molecule has 4 nitrogen and oxygen atoms in total. The molecule has 0 saturated heterocycles. The molecule has 1 N–H and O–H groups in total. The summed E-state index contributed by atoms with van der Waals surface area (Å²) >= 11 is 0. The van der Waals surface area contributed by atoms with Crippen molar-refractivity contribution in [3.63, 3.8) is 0 Å². The van der Waals surface area contributed by atoms with Crippen LogP contribution in [-0.2, 0) is 24.9 Å². The molecule has 0 amide bonds. The zero-order valence-electron chi connectivity index (χ0n) is 30.2. The normalized spacial score (nSPS) is 12.3. The van der Waals surface area contributed by atoms with E-state index in [1.54, 1.807) is 0 Å². The first kappa shape index (κ1) is 39.3. The van der Waals surface area contributed by atoms with Gasteiger partial charge in [-0.25, -0.2) is 4.98 Å². The fourth-order valence-electron chi connectivity index (χ4n) is 5.66. The first-order chi connectivity index (χ1) is 21.1. The number of allylic oxidation sites excluding steroid dienone is 2. The van der Waals surface area contributed by atoms with Crippen LogP contribution in [0.5, 0.6) is 0 Å². The largest absolute Gasteiger partial charge is 0.512 e. The van der Waals surface area contributed by atoms with Crippen molar-refractivity contribution >= 4 is 27.5 Å². The van der Waals surface area contributed by atoms with E-state index in [0.29, 0.717) is 5.92 Å². The molecule has 46 heavy (non-hydrogen) atoms. The van der Waals surface area contributed by atoms with Crippen molar-refractivity contribution in [1.29, 1.82) is 0 Å². The Hall–Kier alpha value is -2.88. The van der Waals surface area contributed by atoms with E-state index in [1.165, 1.54) is 28.0 Å². The molecule has 1 aromatic heterocycles. The van der Waals surface area contributed by atoms with Gasteiger partial charge in [-0.1, -0.05) is 113 Å². The fraction of sp³-hybridized carbons (Fsp3) is 0.488. The average Bonchev–Trinajstić information content (AvgIpc) is 3.02. The number of hydrogen-bond acceptors (Lipinski definition) is 4. The molecular weight excluding hydrogens is 745 g/mol. The maximum atomic E-state index is 12.2. The van der Waals surface area contributed by atoms with Crippen molar-refractivity contribution in [2.75, 3.05) is 0 Å². The second kappa shape index (κ2) is 16.3. The molecule has 0 aliphatic heterocycles. The summed E-state index contributed by atoms with van der Waals surface area (Å²) in [5, 5.41) is 13.7. The first-order valence-electron chi connectivity index (χ1n) is 16.8. The van der Waals surface area contributed by atoms with E-state index in [0.717, 1.165) is 59.2 Å². The summed E-state index contributed by atoms with van der Waals surface area (Å²) in [5.41, 5.74) is 6.20. The Labute approximate surface area is 291 Å². The second-order valence-electron chi connectivity index (χ2n) is 13.8. The molecule has 0 bridgehead atoms. The van der Waals surface area contributed by atoms with E-state index >= 15 is 0 Å². The number of aromatic nitrogens is 2. The Kier molecular flexibility index (Phi) is 13.9. The second-order valence-corrected chi connectivity index (χ2v) is 13.8. The van der Waals surface area contributed by atoms with E-state index < -0.39 is 0 Å². The maximum absolute atomic E-state index is 12.2. The fourth-order valence-corrected chi connectivity index (χ4v) is 5.66. The molecule has 1 heterocycles. The third-order valence-electron chi connectivity index (χ3n) is 9.90. The topological polar surface area (TPSA) is 63.1 Å². The summed E-state index contributed by atoms with van der Waals surface area (Å²) in [6.45, 7) is 25.1. The van der Waals surface area contributed by atoms with Crippen LogP contribution in [0.15, 0.2) is 54.3 Å². The van der Waals surface area contributed by atoms with Crippen LogP contribution in [-0.4, -0.2) is 20.9 Å². The van der Waals surface area contributed by atoms with Gasteiger partial charge in [0.15, 0.2) is 5.78 Å². The minimum Gasteiger partial charge on any atom is -0.512 e. The van der Waals surface area contributed by atoms with E-state index in [9.17, 15) is 9.90 Å². The molecule has 3 aromatic carbocycles. The number of rotatable bonds is 10. The summed E-state index contributed by atoms with van der Waals surface area (Å²) in [6, 6.07) is 18.8. The van der Waals surface area contributed by atoms with Gasteiger partial charge < -0.3 is 5.11 Å². The van der Waals surface area contributed by atoms with E-state index in [1.807, 2.05) is 41.5 Å². The average molecular weight is 800 g/mol. The molecule has 0 spiro atoms. The molecule has 0 unspecified atom stereocenters. The van der Waals surface area contributed by atoms with Crippen LogP contribution in [0.3, 0.4) is 0 Å². The van der Waals surface area contributed by atoms with Gasteiger partial charge in [-0.2, -0.15) is 0 Å². The number of aliphatic hydroxyl groups excluding tert-OH is 1.